The van der Waals surface area contributed by atoms with Gasteiger partial charge in [0.2, 0.25) is 0 Å². The van der Waals surface area contributed by atoms with E-state index in [1.165, 1.54) is 0 Å². The van der Waals surface area contributed by atoms with Gasteiger partial charge in [-0.25, -0.2) is 0 Å². The van der Waals surface area contributed by atoms with E-state index in [0.29, 0.717) is 18.1 Å². The third-order valence-electron chi connectivity index (χ3n) is 3.21. The Morgan fingerprint density at radius 3 is 2.81 bits per heavy atom. The van der Waals surface area contributed by atoms with E-state index >= 15 is 0 Å². The standard InChI is InChI=1S/C16H19ClN2O2/c1-3-9-19-11-12(7-8-16(19)20)18-10-13-14(17)5-4-6-15(13)21-2/h4-8,11,18H,3,9-10H2,1-2H3. The molecule has 0 aliphatic carbocycles. The van der Waals surface area contributed by atoms with Crippen LogP contribution >= 0.6 is 11.6 Å². The number of nitrogens with zero attached hydrogens (tertiary/aromatic N) is 1. The number of benzene rings is 1. The molecule has 0 aliphatic heterocycles. The highest BCUT2D eigenvalue weighted by Crippen LogP contribution is 2.26. The van der Waals surface area contributed by atoms with E-state index in [1.807, 2.05) is 31.3 Å². The zero-order chi connectivity index (χ0) is 15.2. The first kappa shape index (κ1) is 15.4. The van der Waals surface area contributed by atoms with Crippen LogP contribution in [0.4, 0.5) is 5.69 Å². The van der Waals surface area contributed by atoms with Crippen LogP contribution in [0, 0.1) is 0 Å². The van der Waals surface area contributed by atoms with E-state index in [-0.39, 0.29) is 5.56 Å². The van der Waals surface area contributed by atoms with Crippen molar-refractivity contribution < 1.29 is 4.74 Å². The molecule has 5 heteroatoms. The molecule has 0 fully saturated rings. The Hall–Kier alpha value is -1.94. The van der Waals surface area contributed by atoms with Gasteiger partial charge in [-0.2, -0.15) is 0 Å². The molecule has 1 aromatic heterocycles. The van der Waals surface area contributed by atoms with Crippen molar-refractivity contribution in [3.8, 4) is 5.75 Å². The molecular formula is C16H19ClN2O2. The lowest BCUT2D eigenvalue weighted by atomic mass is 10.2. The SMILES string of the molecule is CCCn1cc(NCc2c(Cl)cccc2OC)ccc1=O. The van der Waals surface area contributed by atoms with E-state index < -0.39 is 0 Å². The summed E-state index contributed by atoms with van der Waals surface area (Å²) in [6.45, 7) is 3.29. The smallest absolute Gasteiger partial charge is 0.250 e. The second-order valence-electron chi connectivity index (χ2n) is 4.72. The number of hydrogen-bond acceptors (Lipinski definition) is 3. The predicted molar refractivity (Wildman–Crippen MR) is 86.3 cm³/mol. The third kappa shape index (κ3) is 3.79. The molecule has 0 saturated heterocycles. The number of aromatic nitrogens is 1. The third-order valence-corrected chi connectivity index (χ3v) is 3.57. The summed E-state index contributed by atoms with van der Waals surface area (Å²) < 4.78 is 7.02. The van der Waals surface area contributed by atoms with Crippen LogP contribution < -0.4 is 15.6 Å². The molecule has 0 unspecified atom stereocenters. The molecule has 4 nitrogen and oxygen atoms in total. The molecule has 0 bridgehead atoms. The van der Waals surface area contributed by atoms with Crippen molar-refractivity contribution in [3.63, 3.8) is 0 Å². The van der Waals surface area contributed by atoms with Crippen molar-refractivity contribution in [2.75, 3.05) is 12.4 Å². The van der Waals surface area contributed by atoms with Crippen molar-refractivity contribution in [1.82, 2.24) is 4.57 Å². The molecule has 0 saturated carbocycles. The molecule has 0 aliphatic rings. The fourth-order valence-corrected chi connectivity index (χ4v) is 2.38. The molecule has 2 rings (SSSR count). The number of pyridine rings is 1. The van der Waals surface area contributed by atoms with Crippen LogP contribution in [0.3, 0.4) is 0 Å². The van der Waals surface area contributed by atoms with Gasteiger partial charge in [-0.3, -0.25) is 4.79 Å². The van der Waals surface area contributed by atoms with Gasteiger partial charge in [-0.05, 0) is 24.6 Å². The van der Waals surface area contributed by atoms with Gasteiger partial charge in [0, 0.05) is 35.9 Å². The topological polar surface area (TPSA) is 43.3 Å². The Labute approximate surface area is 129 Å². The van der Waals surface area contributed by atoms with E-state index in [9.17, 15) is 4.79 Å². The monoisotopic (exact) mass is 306 g/mol. The maximum absolute atomic E-state index is 11.7. The highest BCUT2D eigenvalue weighted by molar-refractivity contribution is 6.31. The van der Waals surface area contributed by atoms with Crippen molar-refractivity contribution in [3.05, 3.63) is 57.5 Å². The first-order valence-electron chi connectivity index (χ1n) is 6.91. The summed E-state index contributed by atoms with van der Waals surface area (Å²) in [4.78, 5) is 11.7. The van der Waals surface area contributed by atoms with Gasteiger partial charge < -0.3 is 14.6 Å². The van der Waals surface area contributed by atoms with Crippen LogP contribution in [0.5, 0.6) is 5.75 Å². The Morgan fingerprint density at radius 1 is 1.29 bits per heavy atom. The molecule has 0 spiro atoms. The summed E-state index contributed by atoms with van der Waals surface area (Å²) in [5.74, 6) is 0.747. The fourth-order valence-electron chi connectivity index (χ4n) is 2.14. The lowest BCUT2D eigenvalue weighted by molar-refractivity contribution is 0.410. The highest BCUT2D eigenvalue weighted by Gasteiger charge is 2.07. The number of anilines is 1. The van der Waals surface area contributed by atoms with Gasteiger partial charge in [0.1, 0.15) is 5.75 Å². The Kier molecular flexibility index (Phi) is 5.28. The molecule has 0 atom stereocenters. The second-order valence-corrected chi connectivity index (χ2v) is 5.13. The summed E-state index contributed by atoms with van der Waals surface area (Å²) >= 11 is 6.21. The van der Waals surface area contributed by atoms with Gasteiger partial charge in [0.05, 0.1) is 12.8 Å². The Bertz CT molecular complexity index is 668. The first-order valence-corrected chi connectivity index (χ1v) is 7.29. The molecule has 2 aromatic rings. The average molecular weight is 307 g/mol. The first-order chi connectivity index (χ1) is 10.2. The molecule has 1 aromatic carbocycles. The number of nitrogens with one attached hydrogen (secondary N) is 1. The normalized spacial score (nSPS) is 10.4. The number of halogens is 1. The van der Waals surface area contributed by atoms with E-state index in [4.69, 9.17) is 16.3 Å². The van der Waals surface area contributed by atoms with Crippen LogP contribution in [-0.4, -0.2) is 11.7 Å². The quantitative estimate of drug-likeness (QED) is 0.888. The summed E-state index contributed by atoms with van der Waals surface area (Å²) in [6, 6.07) is 8.91. The lowest BCUT2D eigenvalue weighted by Crippen LogP contribution is -2.18. The van der Waals surface area contributed by atoms with Crippen LogP contribution in [0.25, 0.3) is 0 Å². The van der Waals surface area contributed by atoms with Crippen molar-refractivity contribution in [1.29, 1.82) is 0 Å². The lowest BCUT2D eigenvalue weighted by Gasteiger charge is -2.13. The average Bonchev–Trinajstić information content (AvgIpc) is 2.49. The molecule has 0 radical (unpaired) electrons. The van der Waals surface area contributed by atoms with Crippen LogP contribution in [0.2, 0.25) is 5.02 Å². The van der Waals surface area contributed by atoms with E-state index in [0.717, 1.165) is 23.4 Å². The minimum atomic E-state index is 0.0118. The van der Waals surface area contributed by atoms with Crippen molar-refractivity contribution >= 4 is 17.3 Å². The predicted octanol–water partition coefficient (Wildman–Crippen LogP) is 3.53. The van der Waals surface area contributed by atoms with Gasteiger partial charge in [-0.15, -0.1) is 0 Å². The molecular weight excluding hydrogens is 288 g/mol. The van der Waals surface area contributed by atoms with Crippen LogP contribution in [0.15, 0.2) is 41.3 Å². The largest absolute Gasteiger partial charge is 0.496 e. The second kappa shape index (κ2) is 7.18. The van der Waals surface area contributed by atoms with E-state index in [1.54, 1.807) is 23.8 Å². The van der Waals surface area contributed by atoms with Gasteiger partial charge >= 0.3 is 0 Å². The number of rotatable bonds is 6. The van der Waals surface area contributed by atoms with Crippen LogP contribution in [0.1, 0.15) is 18.9 Å². The molecule has 0 amide bonds. The molecule has 112 valence electrons. The Balaban J connectivity index is 2.17. The van der Waals surface area contributed by atoms with Crippen molar-refractivity contribution in [2.45, 2.75) is 26.4 Å². The van der Waals surface area contributed by atoms with E-state index in [2.05, 4.69) is 5.32 Å². The summed E-state index contributed by atoms with van der Waals surface area (Å²) in [5, 5.41) is 3.93. The minimum absolute atomic E-state index is 0.0118. The Morgan fingerprint density at radius 2 is 2.10 bits per heavy atom. The van der Waals surface area contributed by atoms with Crippen molar-refractivity contribution in [2.24, 2.45) is 0 Å². The highest BCUT2D eigenvalue weighted by atomic mass is 35.5. The summed E-state index contributed by atoms with van der Waals surface area (Å²) in [5.41, 5.74) is 1.79. The maximum atomic E-state index is 11.7. The summed E-state index contributed by atoms with van der Waals surface area (Å²) in [6.07, 6.45) is 2.75. The molecule has 21 heavy (non-hydrogen) atoms. The van der Waals surface area contributed by atoms with Gasteiger partial charge in [0.25, 0.3) is 5.56 Å². The maximum Gasteiger partial charge on any atom is 0.250 e. The molecule has 1 N–H and O–H groups in total. The fraction of sp³-hybridized carbons (Fsp3) is 0.312. The zero-order valence-corrected chi connectivity index (χ0v) is 13.0. The number of methoxy groups -OCH3 is 1. The number of ether oxygens (including phenoxy) is 1. The van der Waals surface area contributed by atoms with Gasteiger partial charge in [-0.1, -0.05) is 24.6 Å². The summed E-state index contributed by atoms with van der Waals surface area (Å²) in [7, 11) is 1.62. The zero-order valence-electron chi connectivity index (χ0n) is 12.2. The van der Waals surface area contributed by atoms with Gasteiger partial charge in [0.15, 0.2) is 0 Å². The number of hydrogen-bond donors (Lipinski definition) is 1. The minimum Gasteiger partial charge on any atom is -0.496 e. The number of aryl methyl sites for hydroxylation is 1. The molecule has 1 heterocycles. The van der Waals surface area contributed by atoms with Crippen LogP contribution in [-0.2, 0) is 13.1 Å².